The van der Waals surface area contributed by atoms with Gasteiger partial charge in [0, 0.05) is 24.4 Å². The number of hydrogen-bond donors (Lipinski definition) is 0. The molecule has 0 fully saturated rings. The van der Waals surface area contributed by atoms with Crippen molar-refractivity contribution in [3.05, 3.63) is 34.9 Å². The highest BCUT2D eigenvalue weighted by Gasteiger charge is 2.43. The van der Waals surface area contributed by atoms with E-state index in [0.29, 0.717) is 25.3 Å². The van der Waals surface area contributed by atoms with Crippen LogP contribution < -0.4 is 0 Å². The Balaban J connectivity index is 2.69. The van der Waals surface area contributed by atoms with Crippen molar-refractivity contribution in [2.24, 2.45) is 0 Å². The van der Waals surface area contributed by atoms with Gasteiger partial charge in [-0.3, -0.25) is 0 Å². The van der Waals surface area contributed by atoms with E-state index in [0.717, 1.165) is 6.07 Å². The molecule has 0 spiro atoms. The second-order valence-electron chi connectivity index (χ2n) is 7.70. The largest absolute Gasteiger partial charge is 0.501 e. The summed E-state index contributed by atoms with van der Waals surface area (Å²) in [7, 11) is -2.89. The van der Waals surface area contributed by atoms with Crippen molar-refractivity contribution in [2.75, 3.05) is 0 Å². The Hall–Kier alpha value is -0.963. The first-order valence-corrected chi connectivity index (χ1v) is 11.8. The van der Waals surface area contributed by atoms with Gasteiger partial charge in [-0.15, -0.1) is 0 Å². The van der Waals surface area contributed by atoms with Crippen LogP contribution in [0.3, 0.4) is 0 Å². The monoisotopic (exact) mass is 424 g/mol. The van der Waals surface area contributed by atoms with Crippen LogP contribution in [0.1, 0.15) is 66.4 Å². The Labute approximate surface area is 166 Å². The molecule has 1 aromatic rings. The van der Waals surface area contributed by atoms with Crippen LogP contribution in [-0.2, 0) is 19.7 Å². The van der Waals surface area contributed by atoms with E-state index in [1.807, 2.05) is 41.5 Å². The summed E-state index contributed by atoms with van der Waals surface area (Å²) in [5.41, 5.74) is -0.157. The van der Waals surface area contributed by atoms with Gasteiger partial charge in [0.05, 0.1) is 0 Å². The van der Waals surface area contributed by atoms with Crippen LogP contribution in [0.4, 0.5) is 17.6 Å². The topological polar surface area (TPSA) is 27.7 Å². The predicted molar refractivity (Wildman–Crippen MR) is 103 cm³/mol. The van der Waals surface area contributed by atoms with E-state index in [2.05, 4.69) is 0 Å². The van der Waals surface area contributed by atoms with Gasteiger partial charge in [-0.25, -0.2) is 17.6 Å². The molecule has 0 amide bonds. The summed E-state index contributed by atoms with van der Waals surface area (Å²) >= 11 is 0. The summed E-state index contributed by atoms with van der Waals surface area (Å²) in [5, 5.41) is 0. The third-order valence-corrected chi connectivity index (χ3v) is 7.31. The highest BCUT2D eigenvalue weighted by molar-refractivity contribution is 6.60. The van der Waals surface area contributed by atoms with Crippen molar-refractivity contribution in [1.29, 1.82) is 0 Å². The van der Waals surface area contributed by atoms with Crippen molar-refractivity contribution in [1.82, 2.24) is 0 Å². The highest BCUT2D eigenvalue weighted by Crippen LogP contribution is 2.26. The summed E-state index contributed by atoms with van der Waals surface area (Å²) < 4.78 is 71.6. The van der Waals surface area contributed by atoms with Crippen molar-refractivity contribution in [2.45, 2.75) is 91.6 Å². The molecule has 0 heterocycles. The second-order valence-corrected chi connectivity index (χ2v) is 10.3. The third kappa shape index (κ3) is 7.81. The van der Waals surface area contributed by atoms with Gasteiger partial charge in [0.1, 0.15) is 0 Å². The Bertz CT molecular complexity index is 597. The first-order valence-electron chi connectivity index (χ1n) is 9.82. The van der Waals surface area contributed by atoms with Gasteiger partial charge in [-0.2, -0.15) is 0 Å². The number of benzene rings is 1. The Morgan fingerprint density at radius 2 is 1.21 bits per heavy atom. The zero-order valence-electron chi connectivity index (χ0n) is 17.6. The first kappa shape index (κ1) is 25.1. The van der Waals surface area contributed by atoms with E-state index in [1.54, 1.807) is 0 Å². The molecular weight excluding hydrogens is 392 g/mol. The van der Waals surface area contributed by atoms with E-state index in [4.69, 9.17) is 13.3 Å². The van der Waals surface area contributed by atoms with Gasteiger partial charge < -0.3 is 13.3 Å². The number of hydrogen-bond acceptors (Lipinski definition) is 3. The maximum absolute atomic E-state index is 13.7. The lowest BCUT2D eigenvalue weighted by molar-refractivity contribution is 0.00278. The highest BCUT2D eigenvalue weighted by atomic mass is 28.4. The predicted octanol–water partition coefficient (Wildman–Crippen LogP) is 6.17. The van der Waals surface area contributed by atoms with Crippen molar-refractivity contribution in [3.8, 4) is 0 Å². The van der Waals surface area contributed by atoms with Gasteiger partial charge >= 0.3 is 8.80 Å². The van der Waals surface area contributed by atoms with Gasteiger partial charge in [0.2, 0.25) is 0 Å². The summed E-state index contributed by atoms with van der Waals surface area (Å²) in [6.45, 7) is 11.6. The fourth-order valence-corrected chi connectivity index (χ4v) is 6.33. The van der Waals surface area contributed by atoms with Crippen LogP contribution in [0.5, 0.6) is 0 Å². The molecule has 0 aliphatic heterocycles. The quantitative estimate of drug-likeness (QED) is 0.132. The molecule has 0 atom stereocenters. The van der Waals surface area contributed by atoms with Crippen LogP contribution >= 0.6 is 0 Å². The summed E-state index contributed by atoms with van der Waals surface area (Å²) in [5.74, 6) is -6.24. The summed E-state index contributed by atoms with van der Waals surface area (Å²) in [4.78, 5) is 0. The molecule has 0 unspecified atom stereocenters. The lowest BCUT2D eigenvalue weighted by Crippen LogP contribution is -2.50. The lowest BCUT2D eigenvalue weighted by Gasteiger charge is -2.34. The van der Waals surface area contributed by atoms with Crippen molar-refractivity contribution < 1.29 is 30.8 Å². The normalized spacial score (nSPS) is 12.6. The molecule has 3 nitrogen and oxygen atoms in total. The molecule has 1 aromatic carbocycles. The van der Waals surface area contributed by atoms with E-state index >= 15 is 0 Å². The molecular formula is C20H32F4O3Si. The van der Waals surface area contributed by atoms with Crippen LogP contribution in [0, 0.1) is 23.3 Å². The molecule has 0 saturated carbocycles. The minimum atomic E-state index is -2.89. The first-order chi connectivity index (χ1) is 13.0. The van der Waals surface area contributed by atoms with Crippen molar-refractivity contribution in [3.63, 3.8) is 0 Å². The van der Waals surface area contributed by atoms with E-state index in [1.165, 1.54) is 0 Å². The molecule has 0 radical (unpaired) electrons. The van der Waals surface area contributed by atoms with Gasteiger partial charge in [0.15, 0.2) is 23.3 Å². The molecule has 0 aromatic heterocycles. The maximum Gasteiger partial charge on any atom is 0.501 e. The molecule has 0 bridgehead atoms. The van der Waals surface area contributed by atoms with Crippen LogP contribution in [0.25, 0.3) is 0 Å². The summed E-state index contributed by atoms with van der Waals surface area (Å²) in [6.07, 6.45) is 1.83. The molecule has 0 N–H and O–H groups in total. The summed E-state index contributed by atoms with van der Waals surface area (Å²) in [6, 6.07) is 1.31. The molecule has 162 valence electrons. The van der Waals surface area contributed by atoms with Gasteiger partial charge in [-0.05, 0) is 72.4 Å². The molecule has 1 rings (SSSR count). The number of halogens is 4. The van der Waals surface area contributed by atoms with Crippen LogP contribution in [0.2, 0.25) is 6.04 Å². The molecule has 0 saturated heterocycles. The van der Waals surface area contributed by atoms with Crippen LogP contribution in [-0.4, -0.2) is 27.1 Å². The fraction of sp³-hybridized carbons (Fsp3) is 0.700. The second kappa shape index (κ2) is 11.3. The Morgan fingerprint density at radius 1 is 0.714 bits per heavy atom. The Kier molecular flexibility index (Phi) is 10.1. The van der Waals surface area contributed by atoms with Gasteiger partial charge in [0.25, 0.3) is 0 Å². The van der Waals surface area contributed by atoms with E-state index in [9.17, 15) is 17.6 Å². The SMILES string of the molecule is CC(C)O[Si](CCCCCc1cc(F)c(F)c(F)c1F)(OC(C)C)OC(C)C. The molecule has 0 aliphatic rings. The number of unbranched alkanes of at least 4 members (excludes halogenated alkanes) is 2. The van der Waals surface area contributed by atoms with Gasteiger partial charge in [-0.1, -0.05) is 6.42 Å². The Morgan fingerprint density at radius 3 is 1.68 bits per heavy atom. The minimum Gasteiger partial charge on any atom is -0.371 e. The van der Waals surface area contributed by atoms with Crippen LogP contribution in [0.15, 0.2) is 6.07 Å². The standard InChI is InChI=1S/C20H32F4O3Si/c1-13(2)25-28(26-14(3)4,27-15(5)6)11-9-7-8-10-16-12-17(21)19(23)20(24)18(16)22/h12-15H,7-11H2,1-6H3. The molecule has 0 aliphatic carbocycles. The number of aryl methyl sites for hydroxylation is 1. The van der Waals surface area contributed by atoms with E-state index in [-0.39, 0.29) is 30.3 Å². The molecule has 28 heavy (non-hydrogen) atoms. The smallest absolute Gasteiger partial charge is 0.371 e. The van der Waals surface area contributed by atoms with E-state index < -0.39 is 32.1 Å². The average Bonchev–Trinajstić information content (AvgIpc) is 2.55. The number of rotatable bonds is 12. The van der Waals surface area contributed by atoms with Crippen molar-refractivity contribution >= 4 is 8.80 Å². The zero-order valence-corrected chi connectivity index (χ0v) is 18.6. The zero-order chi connectivity index (χ0) is 21.5. The minimum absolute atomic E-state index is 0.0524. The third-order valence-electron chi connectivity index (χ3n) is 3.85. The maximum atomic E-state index is 13.7. The lowest BCUT2D eigenvalue weighted by atomic mass is 10.1. The fourth-order valence-electron chi connectivity index (χ4n) is 2.97. The molecule has 8 heteroatoms. The average molecular weight is 425 g/mol.